The molecule has 4 aromatic rings. The highest BCUT2D eigenvalue weighted by Crippen LogP contribution is 2.33. The molecule has 12 heteroatoms. The lowest BCUT2D eigenvalue weighted by atomic mass is 10.2. The van der Waals surface area contributed by atoms with Gasteiger partial charge in [-0.1, -0.05) is 12.1 Å². The quantitative estimate of drug-likeness (QED) is 0.377. The van der Waals surface area contributed by atoms with E-state index in [9.17, 15) is 13.2 Å². The molecule has 0 aliphatic rings. The largest absolute Gasteiger partial charge is 0.495 e. The third-order valence-electron chi connectivity index (χ3n) is 4.57. The van der Waals surface area contributed by atoms with Gasteiger partial charge in [-0.15, -0.1) is 0 Å². The number of nitrogens with zero attached hydrogens (tertiary/aromatic N) is 4. The number of amides is 1. The maximum atomic E-state index is 12.9. The molecule has 0 saturated carbocycles. The maximum Gasteiger partial charge on any atom is 0.266 e. The first-order valence-electron chi connectivity index (χ1n) is 9.76. The van der Waals surface area contributed by atoms with Crippen LogP contribution < -0.4 is 20.1 Å². The SMILES string of the molecule is COc1ccc(NC(C)=O)cc1Nc1nc2ccccc2nc1NS(=O)(=O)c1cnn(C)c1. The molecule has 0 aliphatic heterocycles. The standard InChI is InChI=1S/C21H21N7O4S/c1-13(29)23-14-8-9-19(32-3)18(10-14)26-20-21(25-17-7-5-4-6-16(17)24-20)27-33(30,31)15-11-22-28(2)12-15/h4-12H,1-3H3,(H,23,29)(H,24,26)(H,25,27). The molecule has 0 bridgehead atoms. The second kappa shape index (κ2) is 8.74. The summed E-state index contributed by atoms with van der Waals surface area (Å²) in [6.45, 7) is 1.40. The summed E-state index contributed by atoms with van der Waals surface area (Å²) < 4.78 is 35.1. The molecule has 2 heterocycles. The Bertz CT molecular complexity index is 1450. The molecule has 0 unspecified atom stereocenters. The van der Waals surface area contributed by atoms with Crippen LogP contribution in [-0.2, 0) is 21.9 Å². The van der Waals surface area contributed by atoms with Crippen LogP contribution in [0.25, 0.3) is 11.0 Å². The van der Waals surface area contributed by atoms with Gasteiger partial charge in [0.2, 0.25) is 5.91 Å². The average Bonchev–Trinajstić information content (AvgIpc) is 3.21. The van der Waals surface area contributed by atoms with E-state index in [0.29, 0.717) is 28.2 Å². The molecule has 0 fully saturated rings. The van der Waals surface area contributed by atoms with Crippen molar-refractivity contribution >= 4 is 50.0 Å². The zero-order valence-electron chi connectivity index (χ0n) is 18.0. The Morgan fingerprint density at radius 1 is 1.06 bits per heavy atom. The lowest BCUT2D eigenvalue weighted by Gasteiger charge is -2.16. The van der Waals surface area contributed by atoms with Gasteiger partial charge in [0, 0.05) is 25.9 Å². The summed E-state index contributed by atoms with van der Waals surface area (Å²) in [5.41, 5.74) is 2.04. The highest BCUT2D eigenvalue weighted by Gasteiger charge is 2.21. The molecule has 1 amide bonds. The predicted octanol–water partition coefficient (Wildman–Crippen LogP) is 2.87. The second-order valence-electron chi connectivity index (χ2n) is 7.09. The number of para-hydroxylation sites is 2. The van der Waals surface area contributed by atoms with E-state index < -0.39 is 10.0 Å². The summed E-state index contributed by atoms with van der Waals surface area (Å²) in [6, 6.07) is 12.1. The Kier molecular flexibility index (Phi) is 5.84. The lowest BCUT2D eigenvalue weighted by Crippen LogP contribution is -2.15. The van der Waals surface area contributed by atoms with Crippen LogP contribution in [-0.4, -0.2) is 41.2 Å². The normalized spacial score (nSPS) is 11.2. The van der Waals surface area contributed by atoms with Crippen LogP contribution in [0.5, 0.6) is 5.75 Å². The molecule has 0 atom stereocenters. The van der Waals surface area contributed by atoms with Crippen LogP contribution in [0.4, 0.5) is 23.0 Å². The first-order valence-corrected chi connectivity index (χ1v) is 11.2. The lowest BCUT2D eigenvalue weighted by molar-refractivity contribution is -0.114. The van der Waals surface area contributed by atoms with Gasteiger partial charge in [-0.2, -0.15) is 5.10 Å². The number of nitrogens with one attached hydrogen (secondary N) is 3. The molecule has 0 radical (unpaired) electrons. The van der Waals surface area contributed by atoms with Crippen molar-refractivity contribution in [1.82, 2.24) is 19.7 Å². The summed E-state index contributed by atoms with van der Waals surface area (Å²) in [6.07, 6.45) is 2.62. The number of anilines is 4. The first kappa shape index (κ1) is 22.0. The van der Waals surface area contributed by atoms with E-state index in [1.807, 2.05) is 0 Å². The Labute approximate surface area is 189 Å². The van der Waals surface area contributed by atoms with Gasteiger partial charge < -0.3 is 15.4 Å². The zero-order chi connectivity index (χ0) is 23.6. The minimum absolute atomic E-state index is 0.00969. The zero-order valence-corrected chi connectivity index (χ0v) is 18.8. The number of rotatable bonds is 7. The fraction of sp³-hybridized carbons (Fsp3) is 0.143. The van der Waals surface area contributed by atoms with Gasteiger partial charge in [-0.3, -0.25) is 14.2 Å². The fourth-order valence-corrected chi connectivity index (χ4v) is 4.09. The monoisotopic (exact) mass is 467 g/mol. The molecule has 4 rings (SSSR count). The van der Waals surface area contributed by atoms with E-state index in [1.54, 1.807) is 49.5 Å². The van der Waals surface area contributed by atoms with E-state index >= 15 is 0 Å². The fourth-order valence-electron chi connectivity index (χ4n) is 3.10. The van der Waals surface area contributed by atoms with E-state index in [2.05, 4.69) is 30.4 Å². The van der Waals surface area contributed by atoms with Crippen molar-refractivity contribution in [2.45, 2.75) is 11.8 Å². The number of fused-ring (bicyclic) bond motifs is 1. The van der Waals surface area contributed by atoms with E-state index in [4.69, 9.17) is 4.74 Å². The van der Waals surface area contributed by atoms with Crippen molar-refractivity contribution in [3.8, 4) is 5.75 Å². The van der Waals surface area contributed by atoms with Gasteiger partial charge in [-0.05, 0) is 30.3 Å². The number of benzene rings is 2. The summed E-state index contributed by atoms with van der Waals surface area (Å²) >= 11 is 0. The first-order chi connectivity index (χ1) is 15.7. The smallest absolute Gasteiger partial charge is 0.266 e. The number of hydrogen-bond donors (Lipinski definition) is 3. The van der Waals surface area contributed by atoms with Crippen LogP contribution in [0, 0.1) is 0 Å². The van der Waals surface area contributed by atoms with Crippen LogP contribution in [0.15, 0.2) is 59.8 Å². The van der Waals surface area contributed by atoms with Crippen molar-refractivity contribution in [3.05, 3.63) is 54.9 Å². The van der Waals surface area contributed by atoms with Gasteiger partial charge in [0.05, 0.1) is 30.0 Å². The number of sulfonamides is 1. The molecular formula is C21H21N7O4S. The molecule has 33 heavy (non-hydrogen) atoms. The molecule has 3 N–H and O–H groups in total. The minimum Gasteiger partial charge on any atom is -0.495 e. The van der Waals surface area contributed by atoms with Crippen molar-refractivity contribution in [3.63, 3.8) is 0 Å². The highest BCUT2D eigenvalue weighted by atomic mass is 32.2. The molecule has 170 valence electrons. The topological polar surface area (TPSA) is 140 Å². The number of hydrogen-bond acceptors (Lipinski definition) is 8. The number of carbonyl (C=O) groups is 1. The molecule has 0 aliphatic carbocycles. The van der Waals surface area contributed by atoms with Crippen molar-refractivity contribution in [2.75, 3.05) is 22.5 Å². The van der Waals surface area contributed by atoms with Crippen molar-refractivity contribution in [1.29, 1.82) is 0 Å². The summed E-state index contributed by atoms with van der Waals surface area (Å²) in [5, 5.41) is 9.69. The van der Waals surface area contributed by atoms with Crippen LogP contribution in [0.1, 0.15) is 6.92 Å². The Morgan fingerprint density at radius 3 is 2.36 bits per heavy atom. The summed E-state index contributed by atoms with van der Waals surface area (Å²) in [4.78, 5) is 20.5. The molecule has 11 nitrogen and oxygen atoms in total. The third kappa shape index (κ3) is 4.85. The van der Waals surface area contributed by atoms with Gasteiger partial charge in [0.1, 0.15) is 10.6 Å². The number of ether oxygens (including phenoxy) is 1. The maximum absolute atomic E-state index is 12.9. The highest BCUT2D eigenvalue weighted by molar-refractivity contribution is 7.92. The second-order valence-corrected chi connectivity index (χ2v) is 8.77. The number of methoxy groups -OCH3 is 1. The van der Waals surface area contributed by atoms with E-state index in [-0.39, 0.29) is 22.4 Å². The van der Waals surface area contributed by atoms with Gasteiger partial charge in [0.25, 0.3) is 10.0 Å². The van der Waals surface area contributed by atoms with Gasteiger partial charge in [-0.25, -0.2) is 18.4 Å². The molecule has 0 saturated heterocycles. The van der Waals surface area contributed by atoms with Crippen LogP contribution >= 0.6 is 0 Å². The number of carbonyl (C=O) groups excluding carboxylic acids is 1. The molecular weight excluding hydrogens is 446 g/mol. The van der Waals surface area contributed by atoms with Crippen LogP contribution in [0.2, 0.25) is 0 Å². The Morgan fingerprint density at radius 2 is 1.76 bits per heavy atom. The summed E-state index contributed by atoms with van der Waals surface area (Å²) in [7, 11) is -0.862. The molecule has 0 spiro atoms. The number of aromatic nitrogens is 4. The number of aryl methyl sites for hydroxylation is 1. The summed E-state index contributed by atoms with van der Waals surface area (Å²) in [5.74, 6) is 0.366. The Hall–Kier alpha value is -4.19. The van der Waals surface area contributed by atoms with Gasteiger partial charge >= 0.3 is 0 Å². The van der Waals surface area contributed by atoms with Crippen molar-refractivity contribution < 1.29 is 17.9 Å². The molecule has 2 aromatic carbocycles. The van der Waals surface area contributed by atoms with Crippen LogP contribution in [0.3, 0.4) is 0 Å². The molecule has 2 aromatic heterocycles. The minimum atomic E-state index is -3.98. The third-order valence-corrected chi connectivity index (χ3v) is 5.86. The average molecular weight is 468 g/mol. The van der Waals surface area contributed by atoms with Gasteiger partial charge in [0.15, 0.2) is 11.6 Å². The van der Waals surface area contributed by atoms with E-state index in [1.165, 1.54) is 31.1 Å². The van der Waals surface area contributed by atoms with E-state index in [0.717, 1.165) is 0 Å². The Balaban J connectivity index is 1.79. The van der Waals surface area contributed by atoms with Crippen molar-refractivity contribution in [2.24, 2.45) is 7.05 Å². The predicted molar refractivity (Wildman–Crippen MR) is 124 cm³/mol.